The Balaban J connectivity index is 2.01. The van der Waals surface area contributed by atoms with E-state index in [-0.39, 0.29) is 6.61 Å². The van der Waals surface area contributed by atoms with Crippen molar-refractivity contribution < 1.29 is 9.53 Å². The Hall–Kier alpha value is -2.08. The van der Waals surface area contributed by atoms with E-state index in [0.29, 0.717) is 22.1 Å². The lowest BCUT2D eigenvalue weighted by Gasteiger charge is -2.07. The summed E-state index contributed by atoms with van der Waals surface area (Å²) in [7, 11) is 0. The topological polar surface area (TPSA) is 83.0 Å². The van der Waals surface area contributed by atoms with Gasteiger partial charge in [0.2, 0.25) is 0 Å². The Kier molecular flexibility index (Phi) is 4.57. The summed E-state index contributed by atoms with van der Waals surface area (Å²) >= 11 is 5.80. The molecule has 0 unspecified atom stereocenters. The van der Waals surface area contributed by atoms with Crippen molar-refractivity contribution >= 4 is 23.3 Å². The standard InChI is InChI=1S/C13H15ClN4O2/c1-2-5-18-12(16-8-17-18)7-20-13(19)9-3-4-10(14)11(15)6-9/h3-4,6,8H,2,5,7,15H2,1H3. The van der Waals surface area contributed by atoms with E-state index in [1.54, 1.807) is 16.8 Å². The third-order valence-corrected chi connectivity index (χ3v) is 3.04. The maximum absolute atomic E-state index is 11.9. The quantitative estimate of drug-likeness (QED) is 0.675. The first-order chi connectivity index (χ1) is 9.61. The van der Waals surface area contributed by atoms with E-state index >= 15 is 0 Å². The third kappa shape index (κ3) is 3.27. The molecule has 0 aliphatic carbocycles. The van der Waals surface area contributed by atoms with Crippen molar-refractivity contribution in [2.24, 2.45) is 0 Å². The Labute approximate surface area is 121 Å². The van der Waals surface area contributed by atoms with Crippen LogP contribution in [0.2, 0.25) is 5.02 Å². The van der Waals surface area contributed by atoms with Gasteiger partial charge in [0.25, 0.3) is 0 Å². The van der Waals surface area contributed by atoms with Gasteiger partial charge in [0, 0.05) is 6.54 Å². The molecule has 1 heterocycles. The molecule has 0 amide bonds. The molecule has 2 aromatic rings. The summed E-state index contributed by atoms with van der Waals surface area (Å²) in [6.45, 7) is 2.84. The number of halogens is 1. The van der Waals surface area contributed by atoms with Crippen molar-refractivity contribution in [2.75, 3.05) is 5.73 Å². The molecule has 20 heavy (non-hydrogen) atoms. The highest BCUT2D eigenvalue weighted by molar-refractivity contribution is 6.33. The first-order valence-electron chi connectivity index (χ1n) is 6.20. The number of hydrogen-bond donors (Lipinski definition) is 1. The normalized spacial score (nSPS) is 10.5. The van der Waals surface area contributed by atoms with Crippen LogP contribution in [0.4, 0.5) is 5.69 Å². The Bertz CT molecular complexity index is 612. The van der Waals surface area contributed by atoms with Gasteiger partial charge in [-0.05, 0) is 24.6 Å². The lowest BCUT2D eigenvalue weighted by molar-refractivity contribution is 0.0456. The number of nitrogen functional groups attached to an aromatic ring is 1. The molecule has 0 saturated carbocycles. The van der Waals surface area contributed by atoms with E-state index in [2.05, 4.69) is 10.1 Å². The Morgan fingerprint density at radius 3 is 3.00 bits per heavy atom. The van der Waals surface area contributed by atoms with Gasteiger partial charge in [-0.2, -0.15) is 5.10 Å². The highest BCUT2D eigenvalue weighted by Crippen LogP contribution is 2.20. The van der Waals surface area contributed by atoms with Gasteiger partial charge in [-0.1, -0.05) is 18.5 Å². The Morgan fingerprint density at radius 2 is 2.30 bits per heavy atom. The minimum atomic E-state index is -0.473. The molecule has 2 N–H and O–H groups in total. The van der Waals surface area contributed by atoms with Crippen molar-refractivity contribution in [3.05, 3.63) is 40.9 Å². The summed E-state index contributed by atoms with van der Waals surface area (Å²) < 4.78 is 6.91. The molecule has 1 aromatic heterocycles. The summed E-state index contributed by atoms with van der Waals surface area (Å²) in [6.07, 6.45) is 2.37. The van der Waals surface area contributed by atoms with Gasteiger partial charge in [0.05, 0.1) is 16.3 Å². The maximum Gasteiger partial charge on any atom is 0.338 e. The van der Waals surface area contributed by atoms with Crippen LogP contribution >= 0.6 is 11.6 Å². The molecule has 0 aliphatic rings. The van der Waals surface area contributed by atoms with E-state index in [9.17, 15) is 4.79 Å². The fourth-order valence-corrected chi connectivity index (χ4v) is 1.80. The maximum atomic E-state index is 11.9. The molecular weight excluding hydrogens is 280 g/mol. The molecule has 0 bridgehead atoms. The van der Waals surface area contributed by atoms with Gasteiger partial charge in [0.15, 0.2) is 12.4 Å². The molecule has 2 rings (SSSR count). The first-order valence-corrected chi connectivity index (χ1v) is 6.58. The molecule has 106 valence electrons. The smallest absolute Gasteiger partial charge is 0.338 e. The second-order valence-corrected chi connectivity index (χ2v) is 4.62. The van der Waals surface area contributed by atoms with E-state index in [1.165, 1.54) is 12.4 Å². The molecule has 0 aliphatic heterocycles. The second kappa shape index (κ2) is 6.38. The molecule has 0 saturated heterocycles. The van der Waals surface area contributed by atoms with Crippen molar-refractivity contribution in [3.63, 3.8) is 0 Å². The summed E-state index contributed by atoms with van der Waals surface area (Å²) in [5.74, 6) is 0.140. The van der Waals surface area contributed by atoms with E-state index in [0.717, 1.165) is 13.0 Å². The van der Waals surface area contributed by atoms with Gasteiger partial charge < -0.3 is 10.5 Å². The van der Waals surface area contributed by atoms with Crippen LogP contribution in [-0.4, -0.2) is 20.7 Å². The van der Waals surface area contributed by atoms with Crippen molar-refractivity contribution in [1.82, 2.24) is 14.8 Å². The minimum Gasteiger partial charge on any atom is -0.454 e. The summed E-state index contributed by atoms with van der Waals surface area (Å²) in [6, 6.07) is 4.62. The number of nitrogens with two attached hydrogens (primary N) is 1. The number of aryl methyl sites for hydroxylation is 1. The number of carbonyl (C=O) groups is 1. The average molecular weight is 295 g/mol. The second-order valence-electron chi connectivity index (χ2n) is 4.21. The van der Waals surface area contributed by atoms with Crippen LogP contribution in [0.25, 0.3) is 0 Å². The first kappa shape index (κ1) is 14.3. The Morgan fingerprint density at radius 1 is 1.50 bits per heavy atom. The van der Waals surface area contributed by atoms with Crippen LogP contribution < -0.4 is 5.73 Å². The van der Waals surface area contributed by atoms with Gasteiger partial charge in [-0.15, -0.1) is 0 Å². The number of benzene rings is 1. The number of anilines is 1. The number of carbonyl (C=O) groups excluding carboxylic acids is 1. The lowest BCUT2D eigenvalue weighted by atomic mass is 10.2. The zero-order chi connectivity index (χ0) is 14.5. The number of aromatic nitrogens is 3. The molecular formula is C13H15ClN4O2. The van der Waals surface area contributed by atoms with E-state index < -0.39 is 5.97 Å². The highest BCUT2D eigenvalue weighted by Gasteiger charge is 2.11. The number of hydrogen-bond acceptors (Lipinski definition) is 5. The van der Waals surface area contributed by atoms with Crippen molar-refractivity contribution in [1.29, 1.82) is 0 Å². The van der Waals surface area contributed by atoms with Crippen molar-refractivity contribution in [2.45, 2.75) is 26.5 Å². The van der Waals surface area contributed by atoms with Gasteiger partial charge >= 0.3 is 5.97 Å². The molecule has 0 radical (unpaired) electrons. The van der Waals surface area contributed by atoms with Gasteiger partial charge in [-0.25, -0.2) is 14.5 Å². The summed E-state index contributed by atoms with van der Waals surface area (Å²) in [5, 5.41) is 4.47. The molecule has 1 aromatic carbocycles. The zero-order valence-corrected chi connectivity index (χ0v) is 11.8. The molecule has 0 atom stereocenters. The number of rotatable bonds is 5. The minimum absolute atomic E-state index is 0.0708. The van der Waals surface area contributed by atoms with E-state index in [4.69, 9.17) is 22.1 Å². The van der Waals surface area contributed by atoms with Crippen LogP contribution in [-0.2, 0) is 17.9 Å². The summed E-state index contributed by atoms with van der Waals surface area (Å²) in [4.78, 5) is 16.0. The number of esters is 1. The fraction of sp³-hybridized carbons (Fsp3) is 0.308. The monoisotopic (exact) mass is 294 g/mol. The van der Waals surface area contributed by atoms with E-state index in [1.807, 2.05) is 6.92 Å². The highest BCUT2D eigenvalue weighted by atomic mass is 35.5. The average Bonchev–Trinajstić information content (AvgIpc) is 2.87. The molecule has 0 fully saturated rings. The predicted octanol–water partition coefficient (Wildman–Crippen LogP) is 2.28. The van der Waals surface area contributed by atoms with Crippen LogP contribution in [0.5, 0.6) is 0 Å². The lowest BCUT2D eigenvalue weighted by Crippen LogP contribution is -2.11. The van der Waals surface area contributed by atoms with Crippen LogP contribution in [0.3, 0.4) is 0 Å². The van der Waals surface area contributed by atoms with Gasteiger partial charge in [-0.3, -0.25) is 0 Å². The molecule has 7 heteroatoms. The molecule has 6 nitrogen and oxygen atoms in total. The van der Waals surface area contributed by atoms with Gasteiger partial charge in [0.1, 0.15) is 6.33 Å². The largest absolute Gasteiger partial charge is 0.454 e. The summed E-state index contributed by atoms with van der Waals surface area (Å²) in [5.41, 5.74) is 6.34. The fourth-order valence-electron chi connectivity index (χ4n) is 1.68. The zero-order valence-electron chi connectivity index (χ0n) is 11.0. The third-order valence-electron chi connectivity index (χ3n) is 2.70. The van der Waals surface area contributed by atoms with Crippen molar-refractivity contribution in [3.8, 4) is 0 Å². The number of ether oxygens (including phenoxy) is 1. The van der Waals surface area contributed by atoms with Crippen LogP contribution in [0, 0.1) is 0 Å². The number of nitrogens with zero attached hydrogens (tertiary/aromatic N) is 3. The molecule has 0 spiro atoms. The predicted molar refractivity (Wildman–Crippen MR) is 75.3 cm³/mol. The van der Waals surface area contributed by atoms with Crippen LogP contribution in [0.1, 0.15) is 29.5 Å². The SMILES string of the molecule is CCCn1ncnc1COC(=O)c1ccc(Cl)c(N)c1. The van der Waals surface area contributed by atoms with Crippen LogP contribution in [0.15, 0.2) is 24.5 Å².